The summed E-state index contributed by atoms with van der Waals surface area (Å²) in [5, 5.41) is 15.6. The maximum atomic E-state index is 12.1. The molecule has 24 heavy (non-hydrogen) atoms. The van der Waals surface area contributed by atoms with E-state index >= 15 is 0 Å². The summed E-state index contributed by atoms with van der Waals surface area (Å²) in [4.78, 5) is 18.3. The van der Waals surface area contributed by atoms with Crippen molar-refractivity contribution in [1.29, 1.82) is 0 Å². The summed E-state index contributed by atoms with van der Waals surface area (Å²) >= 11 is 1.51. The van der Waals surface area contributed by atoms with Crippen LogP contribution in [-0.4, -0.2) is 48.7 Å². The van der Waals surface area contributed by atoms with Gasteiger partial charge < -0.3 is 4.90 Å². The highest BCUT2D eigenvalue weighted by atomic mass is 32.1. The van der Waals surface area contributed by atoms with Crippen molar-refractivity contribution < 1.29 is 4.79 Å². The average Bonchev–Trinajstić information content (AvgIpc) is 3.34. The predicted molar refractivity (Wildman–Crippen MR) is 90.6 cm³/mol. The minimum Gasteiger partial charge on any atom is -0.343 e. The number of thiazole rings is 1. The lowest BCUT2D eigenvalue weighted by molar-refractivity contribution is -0.130. The molecule has 1 amide bonds. The monoisotopic (exact) mass is 342 g/mol. The number of nitrogens with zero attached hydrogens (tertiary/aromatic N) is 6. The van der Waals surface area contributed by atoms with Gasteiger partial charge >= 0.3 is 0 Å². The van der Waals surface area contributed by atoms with Crippen LogP contribution in [0, 0.1) is 0 Å². The van der Waals surface area contributed by atoms with Crippen LogP contribution in [0.3, 0.4) is 0 Å². The lowest BCUT2D eigenvalue weighted by atomic mass is 10.1. The van der Waals surface area contributed by atoms with E-state index in [-0.39, 0.29) is 5.91 Å². The molecular formula is C16H18N6OS. The number of amides is 1. The number of rotatable bonds is 5. The van der Waals surface area contributed by atoms with Crippen molar-refractivity contribution in [3.63, 3.8) is 0 Å². The molecule has 3 aromatic heterocycles. The Morgan fingerprint density at radius 1 is 1.21 bits per heavy atom. The number of carbonyl (C=O) groups excluding carboxylic acids is 1. The van der Waals surface area contributed by atoms with Gasteiger partial charge in [-0.25, -0.2) is 4.98 Å². The molecule has 7 nitrogen and oxygen atoms in total. The zero-order valence-corrected chi connectivity index (χ0v) is 14.1. The van der Waals surface area contributed by atoms with Crippen LogP contribution in [-0.2, 0) is 11.2 Å². The van der Waals surface area contributed by atoms with Crippen molar-refractivity contribution >= 4 is 22.9 Å². The first-order valence-electron chi connectivity index (χ1n) is 8.20. The third-order valence-corrected chi connectivity index (χ3v) is 4.99. The third kappa shape index (κ3) is 3.01. The van der Waals surface area contributed by atoms with Crippen LogP contribution >= 0.6 is 11.3 Å². The minimum absolute atomic E-state index is 0.265. The largest absolute Gasteiger partial charge is 0.343 e. The molecule has 0 saturated carbocycles. The molecule has 0 unspecified atom stereocenters. The number of hydrogen-bond acceptors (Lipinski definition) is 6. The van der Waals surface area contributed by atoms with E-state index in [1.54, 1.807) is 10.7 Å². The van der Waals surface area contributed by atoms with Gasteiger partial charge in [0.25, 0.3) is 0 Å². The highest BCUT2D eigenvalue weighted by molar-refractivity contribution is 7.13. The van der Waals surface area contributed by atoms with Crippen LogP contribution in [0.15, 0.2) is 23.7 Å². The van der Waals surface area contributed by atoms with E-state index in [1.165, 1.54) is 11.3 Å². The normalized spacial score (nSPS) is 14.6. The van der Waals surface area contributed by atoms with Crippen LogP contribution in [0.4, 0.5) is 0 Å². The number of hydrogen-bond donors (Lipinski definition) is 0. The number of carbonyl (C=O) groups is 1. The van der Waals surface area contributed by atoms with Crippen molar-refractivity contribution in [2.24, 2.45) is 0 Å². The fourth-order valence-electron chi connectivity index (χ4n) is 2.97. The summed E-state index contributed by atoms with van der Waals surface area (Å²) in [6.45, 7) is 1.84. The van der Waals surface area contributed by atoms with Crippen molar-refractivity contribution in [2.45, 2.75) is 32.1 Å². The van der Waals surface area contributed by atoms with Gasteiger partial charge in [0.1, 0.15) is 0 Å². The van der Waals surface area contributed by atoms with E-state index in [2.05, 4.69) is 20.3 Å². The average molecular weight is 342 g/mol. The lowest BCUT2D eigenvalue weighted by Crippen LogP contribution is -2.27. The molecule has 0 atom stereocenters. The third-order valence-electron chi connectivity index (χ3n) is 4.22. The molecular weight excluding hydrogens is 324 g/mol. The number of likely N-dealkylation sites (tertiary alicyclic amines) is 1. The van der Waals surface area contributed by atoms with Gasteiger partial charge in [0, 0.05) is 31.1 Å². The topological polar surface area (TPSA) is 76.3 Å². The Morgan fingerprint density at radius 3 is 2.88 bits per heavy atom. The molecule has 0 radical (unpaired) electrons. The van der Waals surface area contributed by atoms with Crippen molar-refractivity contribution in [2.75, 3.05) is 13.1 Å². The molecule has 124 valence electrons. The summed E-state index contributed by atoms with van der Waals surface area (Å²) in [5.74, 6) is 0.927. The number of aryl methyl sites for hydroxylation is 1. The first-order valence-corrected chi connectivity index (χ1v) is 9.08. The highest BCUT2D eigenvalue weighted by Gasteiger charge is 2.17. The Balaban J connectivity index is 1.44. The summed E-state index contributed by atoms with van der Waals surface area (Å²) in [6.07, 6.45) is 6.18. The van der Waals surface area contributed by atoms with Crippen LogP contribution in [0.25, 0.3) is 16.5 Å². The van der Waals surface area contributed by atoms with E-state index in [4.69, 9.17) is 0 Å². The highest BCUT2D eigenvalue weighted by Crippen LogP contribution is 2.20. The van der Waals surface area contributed by atoms with E-state index in [9.17, 15) is 4.79 Å². The Labute approximate surface area is 143 Å². The zero-order chi connectivity index (χ0) is 16.4. The van der Waals surface area contributed by atoms with Gasteiger partial charge in [0.15, 0.2) is 10.7 Å². The van der Waals surface area contributed by atoms with Crippen molar-refractivity contribution in [3.8, 4) is 10.8 Å². The summed E-state index contributed by atoms with van der Waals surface area (Å²) in [6, 6.07) is 3.87. The Kier molecular flexibility index (Phi) is 4.20. The molecule has 0 bridgehead atoms. The SMILES string of the molecule is O=C(CCCc1ccc2nnc(-c3nccs3)n2n1)N1CCCC1. The van der Waals surface area contributed by atoms with Crippen LogP contribution in [0.5, 0.6) is 0 Å². The van der Waals surface area contributed by atoms with E-state index in [0.29, 0.717) is 17.9 Å². The maximum absolute atomic E-state index is 12.1. The Morgan fingerprint density at radius 2 is 2.08 bits per heavy atom. The quantitative estimate of drug-likeness (QED) is 0.710. The molecule has 0 aromatic carbocycles. The van der Waals surface area contributed by atoms with Gasteiger partial charge in [-0.2, -0.15) is 9.61 Å². The standard InChI is InChI=1S/C16H18N6OS/c23-14(21-9-1-2-10-21)5-3-4-12-6-7-13-18-19-15(22(13)20-12)16-17-8-11-24-16/h6-8,11H,1-5,9-10H2. The van der Waals surface area contributed by atoms with Gasteiger partial charge in [-0.15, -0.1) is 21.5 Å². The fourth-order valence-corrected chi connectivity index (χ4v) is 3.58. The molecule has 0 spiro atoms. The second-order valence-electron chi connectivity index (χ2n) is 5.90. The molecule has 1 saturated heterocycles. The van der Waals surface area contributed by atoms with Gasteiger partial charge in [-0.3, -0.25) is 4.79 Å². The Bertz CT molecular complexity index is 838. The van der Waals surface area contributed by atoms with E-state index in [0.717, 1.165) is 49.5 Å². The molecule has 8 heteroatoms. The van der Waals surface area contributed by atoms with Crippen LogP contribution in [0.1, 0.15) is 31.4 Å². The summed E-state index contributed by atoms with van der Waals surface area (Å²) in [7, 11) is 0. The van der Waals surface area contributed by atoms with E-state index in [1.807, 2.05) is 22.4 Å². The van der Waals surface area contributed by atoms with Crippen LogP contribution < -0.4 is 0 Å². The molecule has 0 N–H and O–H groups in total. The van der Waals surface area contributed by atoms with E-state index < -0.39 is 0 Å². The maximum Gasteiger partial charge on any atom is 0.222 e. The minimum atomic E-state index is 0.265. The van der Waals surface area contributed by atoms with Crippen LogP contribution in [0.2, 0.25) is 0 Å². The molecule has 4 heterocycles. The molecule has 1 aliphatic rings. The summed E-state index contributed by atoms with van der Waals surface area (Å²) < 4.78 is 1.73. The van der Waals surface area contributed by atoms with Gasteiger partial charge in [-0.1, -0.05) is 0 Å². The first-order chi connectivity index (χ1) is 11.8. The molecule has 4 rings (SSSR count). The fraction of sp³-hybridized carbons (Fsp3) is 0.438. The second-order valence-corrected chi connectivity index (χ2v) is 6.79. The van der Waals surface area contributed by atoms with Gasteiger partial charge in [-0.05, 0) is 37.8 Å². The zero-order valence-electron chi connectivity index (χ0n) is 13.3. The van der Waals surface area contributed by atoms with Gasteiger partial charge in [0.05, 0.1) is 5.69 Å². The Hall–Kier alpha value is -2.35. The molecule has 0 aliphatic carbocycles. The molecule has 3 aromatic rings. The molecule has 1 aliphatic heterocycles. The predicted octanol–water partition coefficient (Wildman–Crippen LogP) is 2.19. The molecule has 1 fully saturated rings. The first kappa shape index (κ1) is 15.2. The lowest BCUT2D eigenvalue weighted by Gasteiger charge is -2.14. The number of fused-ring (bicyclic) bond motifs is 1. The van der Waals surface area contributed by atoms with Crippen molar-refractivity contribution in [3.05, 3.63) is 29.4 Å². The van der Waals surface area contributed by atoms with Crippen molar-refractivity contribution in [1.82, 2.24) is 29.7 Å². The summed E-state index contributed by atoms with van der Waals surface area (Å²) in [5.41, 5.74) is 1.64. The van der Waals surface area contributed by atoms with Gasteiger partial charge in [0.2, 0.25) is 11.7 Å². The smallest absolute Gasteiger partial charge is 0.222 e. The second kappa shape index (κ2) is 6.64. The number of aromatic nitrogens is 5.